The Morgan fingerprint density at radius 2 is 1.91 bits per heavy atom. The van der Waals surface area contributed by atoms with Gasteiger partial charge in [0.2, 0.25) is 0 Å². The Morgan fingerprint density at radius 3 is 2.36 bits per heavy atom. The maximum atomic E-state index is 10.8. The summed E-state index contributed by atoms with van der Waals surface area (Å²) in [4.78, 5) is 10.8. The number of hydrogen-bond donors (Lipinski definition) is 1. The molecule has 0 fully saturated rings. The molecule has 0 unspecified atom stereocenters. The first-order valence-corrected chi connectivity index (χ1v) is 3.34. The number of carbonyl (C=O) groups is 1. The SMILES string of the molecule is [NH]NC(=O)c1ccc(Cl)cc1. The molecule has 0 aliphatic heterocycles. The quantitative estimate of drug-likeness (QED) is 0.633. The highest BCUT2D eigenvalue weighted by Gasteiger charge is 2.00. The molecule has 1 rings (SSSR count). The largest absolute Gasteiger partial charge is 0.272 e. The number of nitrogens with one attached hydrogen (secondary N) is 2. The number of halogens is 1. The van der Waals surface area contributed by atoms with E-state index < -0.39 is 5.91 Å². The highest BCUT2D eigenvalue weighted by Crippen LogP contribution is 2.08. The van der Waals surface area contributed by atoms with Gasteiger partial charge in [-0.3, -0.25) is 10.2 Å². The van der Waals surface area contributed by atoms with Gasteiger partial charge in [0.1, 0.15) is 0 Å². The molecule has 0 spiro atoms. The van der Waals surface area contributed by atoms with Crippen molar-refractivity contribution in [3.05, 3.63) is 34.9 Å². The molecule has 57 valence electrons. The molecule has 0 heterocycles. The van der Waals surface area contributed by atoms with E-state index in [0.29, 0.717) is 10.6 Å². The van der Waals surface area contributed by atoms with Gasteiger partial charge in [0.05, 0.1) is 0 Å². The van der Waals surface area contributed by atoms with E-state index in [1.165, 1.54) is 0 Å². The lowest BCUT2D eigenvalue weighted by Gasteiger charge is -1.96. The van der Waals surface area contributed by atoms with E-state index in [1.807, 2.05) is 0 Å². The summed E-state index contributed by atoms with van der Waals surface area (Å²) >= 11 is 5.58. The molecular weight excluding hydrogens is 164 g/mol. The van der Waals surface area contributed by atoms with Gasteiger partial charge in [0.15, 0.2) is 0 Å². The van der Waals surface area contributed by atoms with Crippen molar-refractivity contribution in [2.24, 2.45) is 0 Å². The van der Waals surface area contributed by atoms with E-state index in [9.17, 15) is 4.79 Å². The van der Waals surface area contributed by atoms with Crippen molar-refractivity contribution >= 4 is 17.5 Å². The van der Waals surface area contributed by atoms with Crippen LogP contribution in [0.4, 0.5) is 0 Å². The Hall–Kier alpha value is -1.06. The van der Waals surface area contributed by atoms with Crippen LogP contribution >= 0.6 is 11.6 Å². The molecular formula is C7H6ClN2O. The second kappa shape index (κ2) is 3.37. The lowest BCUT2D eigenvalue weighted by atomic mass is 10.2. The van der Waals surface area contributed by atoms with Gasteiger partial charge >= 0.3 is 0 Å². The van der Waals surface area contributed by atoms with Crippen molar-refractivity contribution in [3.63, 3.8) is 0 Å². The third kappa shape index (κ3) is 1.93. The number of carbonyl (C=O) groups excluding carboxylic acids is 1. The molecule has 1 aromatic carbocycles. The van der Waals surface area contributed by atoms with E-state index >= 15 is 0 Å². The van der Waals surface area contributed by atoms with Crippen LogP contribution in [0.3, 0.4) is 0 Å². The van der Waals surface area contributed by atoms with Gasteiger partial charge in [-0.05, 0) is 24.3 Å². The van der Waals surface area contributed by atoms with Gasteiger partial charge in [-0.1, -0.05) is 11.6 Å². The minimum atomic E-state index is -0.429. The second-order valence-corrected chi connectivity index (χ2v) is 2.40. The molecule has 3 nitrogen and oxygen atoms in total. The normalized spacial score (nSPS) is 9.27. The average Bonchev–Trinajstić information content (AvgIpc) is 2.05. The van der Waals surface area contributed by atoms with Gasteiger partial charge in [-0.25, -0.2) is 0 Å². The van der Waals surface area contributed by atoms with Crippen LogP contribution in [-0.2, 0) is 0 Å². The lowest BCUT2D eigenvalue weighted by Crippen LogP contribution is -2.20. The molecule has 2 N–H and O–H groups in total. The molecule has 0 aliphatic carbocycles. The predicted octanol–water partition coefficient (Wildman–Crippen LogP) is 1.27. The monoisotopic (exact) mass is 169 g/mol. The Bertz CT molecular complexity index is 258. The minimum Gasteiger partial charge on any atom is -0.272 e. The Labute approximate surface area is 69.1 Å². The predicted molar refractivity (Wildman–Crippen MR) is 42.0 cm³/mol. The van der Waals surface area contributed by atoms with E-state index in [4.69, 9.17) is 17.4 Å². The Morgan fingerprint density at radius 1 is 1.36 bits per heavy atom. The van der Waals surface area contributed by atoms with Crippen LogP contribution in [0.25, 0.3) is 0 Å². The zero-order valence-corrected chi connectivity index (χ0v) is 6.35. The maximum Gasteiger partial charge on any atom is 0.266 e. The highest BCUT2D eigenvalue weighted by atomic mass is 35.5. The van der Waals surface area contributed by atoms with E-state index in [-0.39, 0.29) is 0 Å². The van der Waals surface area contributed by atoms with Crippen molar-refractivity contribution in [1.82, 2.24) is 11.3 Å². The number of amides is 1. The van der Waals surface area contributed by atoms with Crippen molar-refractivity contribution in [2.75, 3.05) is 0 Å². The first kappa shape index (κ1) is 8.04. The topological polar surface area (TPSA) is 52.9 Å². The van der Waals surface area contributed by atoms with Crippen LogP contribution in [0.15, 0.2) is 24.3 Å². The fraction of sp³-hybridized carbons (Fsp3) is 0. The summed E-state index contributed by atoms with van der Waals surface area (Å²) in [5, 5.41) is 0.575. The number of hydrogen-bond acceptors (Lipinski definition) is 1. The number of benzene rings is 1. The molecule has 4 heteroatoms. The summed E-state index contributed by atoms with van der Waals surface area (Å²) in [7, 11) is 0. The van der Waals surface area contributed by atoms with E-state index in [1.54, 1.807) is 29.7 Å². The molecule has 0 aliphatic rings. The second-order valence-electron chi connectivity index (χ2n) is 1.96. The average molecular weight is 170 g/mol. The summed E-state index contributed by atoms with van der Waals surface area (Å²) in [5.41, 5.74) is 2.20. The fourth-order valence-corrected chi connectivity index (χ4v) is 0.799. The van der Waals surface area contributed by atoms with Crippen molar-refractivity contribution < 1.29 is 4.79 Å². The van der Waals surface area contributed by atoms with Gasteiger partial charge in [0, 0.05) is 10.6 Å². The van der Waals surface area contributed by atoms with Crippen LogP contribution in [0.5, 0.6) is 0 Å². The van der Waals surface area contributed by atoms with Crippen molar-refractivity contribution in [3.8, 4) is 0 Å². The summed E-state index contributed by atoms with van der Waals surface area (Å²) in [5.74, 6) is 6.14. The zero-order valence-electron chi connectivity index (χ0n) is 5.60. The summed E-state index contributed by atoms with van der Waals surface area (Å²) in [6, 6.07) is 6.33. The van der Waals surface area contributed by atoms with Crippen LogP contribution in [0, 0.1) is 0 Å². The van der Waals surface area contributed by atoms with Gasteiger partial charge in [-0.15, -0.1) is 0 Å². The van der Waals surface area contributed by atoms with Crippen molar-refractivity contribution in [2.45, 2.75) is 0 Å². The molecule has 1 radical (unpaired) electrons. The Balaban J connectivity index is 2.90. The molecule has 0 atom stereocenters. The van der Waals surface area contributed by atoms with Crippen LogP contribution in [0.2, 0.25) is 5.02 Å². The number of rotatable bonds is 1. The van der Waals surface area contributed by atoms with Gasteiger partial charge < -0.3 is 0 Å². The summed E-state index contributed by atoms with van der Waals surface area (Å²) < 4.78 is 0. The van der Waals surface area contributed by atoms with E-state index in [2.05, 4.69) is 0 Å². The molecule has 11 heavy (non-hydrogen) atoms. The van der Waals surface area contributed by atoms with Crippen LogP contribution in [-0.4, -0.2) is 5.91 Å². The Kier molecular flexibility index (Phi) is 2.46. The first-order chi connectivity index (χ1) is 5.24. The molecule has 1 amide bonds. The van der Waals surface area contributed by atoms with Crippen molar-refractivity contribution in [1.29, 1.82) is 0 Å². The summed E-state index contributed by atoms with van der Waals surface area (Å²) in [6.07, 6.45) is 0. The standard InChI is InChI=1S/C7H6ClN2O/c8-6-3-1-5(2-4-6)7(11)10-9/h1-4,9H,(H,10,11). The maximum absolute atomic E-state index is 10.8. The van der Waals surface area contributed by atoms with Gasteiger partial charge in [-0.2, -0.15) is 5.84 Å². The molecule has 1 aromatic rings. The van der Waals surface area contributed by atoms with Crippen LogP contribution in [0.1, 0.15) is 10.4 Å². The smallest absolute Gasteiger partial charge is 0.266 e. The van der Waals surface area contributed by atoms with Gasteiger partial charge in [0.25, 0.3) is 5.91 Å². The fourth-order valence-electron chi connectivity index (χ4n) is 0.673. The highest BCUT2D eigenvalue weighted by molar-refractivity contribution is 6.30. The molecule has 0 bridgehead atoms. The third-order valence-electron chi connectivity index (χ3n) is 1.22. The molecule has 0 saturated heterocycles. The third-order valence-corrected chi connectivity index (χ3v) is 1.47. The first-order valence-electron chi connectivity index (χ1n) is 2.96. The lowest BCUT2D eigenvalue weighted by molar-refractivity contribution is 0.0950. The summed E-state index contributed by atoms with van der Waals surface area (Å²) in [6.45, 7) is 0. The molecule has 0 aromatic heterocycles. The minimum absolute atomic E-state index is 0.429. The molecule has 0 saturated carbocycles. The zero-order chi connectivity index (χ0) is 8.27. The van der Waals surface area contributed by atoms with E-state index in [0.717, 1.165) is 0 Å². The van der Waals surface area contributed by atoms with Crippen LogP contribution < -0.4 is 11.3 Å².